The van der Waals surface area contributed by atoms with Crippen LogP contribution in [0.25, 0.3) is 0 Å². The van der Waals surface area contributed by atoms with Crippen molar-refractivity contribution in [1.29, 1.82) is 5.26 Å². The lowest BCUT2D eigenvalue weighted by Crippen LogP contribution is -2.22. The zero-order valence-electron chi connectivity index (χ0n) is 9.22. The van der Waals surface area contributed by atoms with Gasteiger partial charge in [0.1, 0.15) is 6.10 Å². The summed E-state index contributed by atoms with van der Waals surface area (Å²) in [6.45, 7) is 2.17. The Labute approximate surface area is 94.9 Å². The van der Waals surface area contributed by atoms with E-state index in [1.165, 1.54) is 0 Å². The van der Waals surface area contributed by atoms with E-state index in [0.29, 0.717) is 24.1 Å². The molecule has 4 heteroatoms. The molecule has 0 aliphatic heterocycles. The van der Waals surface area contributed by atoms with Gasteiger partial charge in [-0.15, -0.1) is 0 Å². The summed E-state index contributed by atoms with van der Waals surface area (Å²) in [4.78, 5) is 0. The molecule has 0 aliphatic carbocycles. The molecule has 1 aromatic rings. The van der Waals surface area contributed by atoms with E-state index < -0.39 is 12.2 Å². The molecule has 4 nitrogen and oxygen atoms in total. The number of aliphatic hydroxyl groups is 2. The van der Waals surface area contributed by atoms with Gasteiger partial charge >= 0.3 is 0 Å². The highest BCUT2D eigenvalue weighted by atomic mass is 16.3. The minimum Gasteiger partial charge on any atom is -0.390 e. The van der Waals surface area contributed by atoms with Gasteiger partial charge in [-0.3, -0.25) is 0 Å². The molecule has 86 valence electrons. The summed E-state index contributed by atoms with van der Waals surface area (Å²) < 4.78 is 0. The van der Waals surface area contributed by atoms with Crippen LogP contribution in [0.3, 0.4) is 0 Å². The smallest absolute Gasteiger partial charge is 0.106 e. The van der Waals surface area contributed by atoms with E-state index >= 15 is 0 Å². The minimum absolute atomic E-state index is 0.298. The number of nitriles is 1. The van der Waals surface area contributed by atoms with Gasteiger partial charge in [-0.25, -0.2) is 0 Å². The maximum Gasteiger partial charge on any atom is 0.106 e. The number of hydrogen-bond donors (Lipinski definition) is 3. The number of hydrogen-bond acceptors (Lipinski definition) is 4. The Balaban J connectivity index is 2.99. The molecule has 1 aromatic carbocycles. The molecule has 0 radical (unpaired) electrons. The molecule has 0 spiro atoms. The van der Waals surface area contributed by atoms with Crippen molar-refractivity contribution in [3.05, 3.63) is 34.9 Å². The molecule has 1 rings (SSSR count). The van der Waals surface area contributed by atoms with Crippen LogP contribution in [0.15, 0.2) is 18.2 Å². The van der Waals surface area contributed by atoms with E-state index in [1.54, 1.807) is 18.2 Å². The molecule has 0 saturated carbocycles. The third-order valence-corrected chi connectivity index (χ3v) is 2.47. The summed E-state index contributed by atoms with van der Waals surface area (Å²) in [5.41, 5.74) is 7.09. The SMILES string of the molecule is Cc1ccc(C(O)C(O)CCN)c(C#N)c1. The Morgan fingerprint density at radius 3 is 2.69 bits per heavy atom. The lowest BCUT2D eigenvalue weighted by Gasteiger charge is -2.18. The predicted molar refractivity (Wildman–Crippen MR) is 60.5 cm³/mol. The van der Waals surface area contributed by atoms with Crippen LogP contribution in [-0.4, -0.2) is 22.9 Å². The van der Waals surface area contributed by atoms with Gasteiger partial charge in [0.2, 0.25) is 0 Å². The average Bonchev–Trinajstić information content (AvgIpc) is 2.28. The van der Waals surface area contributed by atoms with Crippen LogP contribution in [0.1, 0.15) is 29.2 Å². The minimum atomic E-state index is -1.06. The van der Waals surface area contributed by atoms with Gasteiger partial charge in [0.25, 0.3) is 0 Å². The first kappa shape index (κ1) is 12.7. The second kappa shape index (κ2) is 5.61. The lowest BCUT2D eigenvalue weighted by molar-refractivity contribution is 0.0148. The number of aryl methyl sites for hydroxylation is 1. The number of nitrogens with two attached hydrogens (primary N) is 1. The number of aliphatic hydroxyl groups excluding tert-OH is 2. The van der Waals surface area contributed by atoms with E-state index in [0.717, 1.165) is 5.56 Å². The highest BCUT2D eigenvalue weighted by Gasteiger charge is 2.20. The zero-order chi connectivity index (χ0) is 12.1. The summed E-state index contributed by atoms with van der Waals surface area (Å²) in [6.07, 6.45) is -1.68. The Hall–Kier alpha value is -1.41. The van der Waals surface area contributed by atoms with Crippen molar-refractivity contribution in [2.24, 2.45) is 5.73 Å². The van der Waals surface area contributed by atoms with Crippen LogP contribution in [0.2, 0.25) is 0 Å². The topological polar surface area (TPSA) is 90.3 Å². The third kappa shape index (κ3) is 2.80. The molecular formula is C12H16N2O2. The van der Waals surface area contributed by atoms with Gasteiger partial charge in [-0.1, -0.05) is 12.1 Å². The Morgan fingerprint density at radius 2 is 2.12 bits per heavy atom. The maximum absolute atomic E-state index is 9.87. The Morgan fingerprint density at radius 1 is 1.44 bits per heavy atom. The van der Waals surface area contributed by atoms with Crippen LogP contribution < -0.4 is 5.73 Å². The molecular weight excluding hydrogens is 204 g/mol. The summed E-state index contributed by atoms with van der Waals surface area (Å²) in [7, 11) is 0. The van der Waals surface area contributed by atoms with Gasteiger partial charge in [0, 0.05) is 5.56 Å². The number of rotatable bonds is 4. The largest absolute Gasteiger partial charge is 0.390 e. The van der Waals surface area contributed by atoms with Crippen LogP contribution in [0.5, 0.6) is 0 Å². The van der Waals surface area contributed by atoms with Crippen LogP contribution >= 0.6 is 0 Å². The normalized spacial score (nSPS) is 14.2. The van der Waals surface area contributed by atoms with E-state index in [4.69, 9.17) is 11.0 Å². The number of benzene rings is 1. The first-order valence-electron chi connectivity index (χ1n) is 5.17. The Bertz CT molecular complexity index is 398. The Kier molecular flexibility index (Phi) is 4.44. The van der Waals surface area contributed by atoms with Crippen molar-refractivity contribution in [1.82, 2.24) is 0 Å². The van der Waals surface area contributed by atoms with E-state index in [-0.39, 0.29) is 0 Å². The van der Waals surface area contributed by atoms with E-state index in [9.17, 15) is 10.2 Å². The van der Waals surface area contributed by atoms with Crippen LogP contribution in [-0.2, 0) is 0 Å². The first-order valence-corrected chi connectivity index (χ1v) is 5.17. The highest BCUT2D eigenvalue weighted by Crippen LogP contribution is 2.23. The molecule has 0 saturated heterocycles. The van der Waals surface area contributed by atoms with Crippen molar-refractivity contribution in [2.45, 2.75) is 25.6 Å². The van der Waals surface area contributed by atoms with Crippen LogP contribution in [0.4, 0.5) is 0 Å². The van der Waals surface area contributed by atoms with Crippen molar-refractivity contribution in [3.63, 3.8) is 0 Å². The summed E-state index contributed by atoms with van der Waals surface area (Å²) in [6, 6.07) is 7.17. The van der Waals surface area contributed by atoms with Crippen molar-refractivity contribution >= 4 is 0 Å². The fourth-order valence-corrected chi connectivity index (χ4v) is 1.56. The maximum atomic E-state index is 9.87. The van der Waals surface area contributed by atoms with Crippen molar-refractivity contribution in [2.75, 3.05) is 6.54 Å². The van der Waals surface area contributed by atoms with Crippen LogP contribution in [0, 0.1) is 18.3 Å². The van der Waals surface area contributed by atoms with Gasteiger partial charge in [0.15, 0.2) is 0 Å². The molecule has 0 bridgehead atoms. The van der Waals surface area contributed by atoms with E-state index in [1.807, 2.05) is 13.0 Å². The zero-order valence-corrected chi connectivity index (χ0v) is 9.22. The molecule has 0 aliphatic rings. The second-order valence-electron chi connectivity index (χ2n) is 3.79. The molecule has 16 heavy (non-hydrogen) atoms. The quantitative estimate of drug-likeness (QED) is 0.693. The molecule has 0 fully saturated rings. The summed E-state index contributed by atoms with van der Waals surface area (Å²) in [5.74, 6) is 0. The monoisotopic (exact) mass is 220 g/mol. The first-order chi connectivity index (χ1) is 7.60. The molecule has 2 atom stereocenters. The molecule has 0 aromatic heterocycles. The predicted octanol–water partition coefficient (Wildman–Crippen LogP) is 0.610. The second-order valence-corrected chi connectivity index (χ2v) is 3.79. The van der Waals surface area contributed by atoms with Gasteiger partial charge < -0.3 is 15.9 Å². The standard InChI is InChI=1S/C12H16N2O2/c1-8-2-3-10(9(6-8)7-14)12(16)11(15)4-5-13/h2-3,6,11-12,15-16H,4-5,13H2,1H3. The molecule has 2 unspecified atom stereocenters. The lowest BCUT2D eigenvalue weighted by atomic mass is 9.96. The summed E-state index contributed by atoms with van der Waals surface area (Å²) in [5, 5.41) is 28.4. The summed E-state index contributed by atoms with van der Waals surface area (Å²) >= 11 is 0. The van der Waals surface area contributed by atoms with Gasteiger partial charge in [-0.2, -0.15) is 5.26 Å². The average molecular weight is 220 g/mol. The highest BCUT2D eigenvalue weighted by molar-refractivity contribution is 5.41. The molecule has 0 heterocycles. The number of nitrogens with zero attached hydrogens (tertiary/aromatic N) is 1. The third-order valence-electron chi connectivity index (χ3n) is 2.47. The molecule has 4 N–H and O–H groups in total. The van der Waals surface area contributed by atoms with Crippen molar-refractivity contribution in [3.8, 4) is 6.07 Å². The fourth-order valence-electron chi connectivity index (χ4n) is 1.56. The van der Waals surface area contributed by atoms with Gasteiger partial charge in [-0.05, 0) is 31.5 Å². The van der Waals surface area contributed by atoms with Crippen molar-refractivity contribution < 1.29 is 10.2 Å². The molecule has 0 amide bonds. The van der Waals surface area contributed by atoms with E-state index in [2.05, 4.69) is 0 Å². The fraction of sp³-hybridized carbons (Fsp3) is 0.417. The van der Waals surface area contributed by atoms with Gasteiger partial charge in [0.05, 0.1) is 17.7 Å².